The maximum absolute atomic E-state index is 11.4. The molecule has 0 radical (unpaired) electrons. The van der Waals surface area contributed by atoms with Crippen molar-refractivity contribution in [1.29, 1.82) is 0 Å². The van der Waals surface area contributed by atoms with Gasteiger partial charge >= 0.3 is 201 Å². The van der Waals surface area contributed by atoms with E-state index >= 15 is 0 Å². The number of rotatable bonds is 12. The summed E-state index contributed by atoms with van der Waals surface area (Å²) in [5, 5.41) is 0. The molecule has 1 aliphatic carbocycles. The molecule has 0 aromatic heterocycles. The van der Waals surface area contributed by atoms with Crippen LogP contribution >= 0.6 is 46.9 Å². The minimum Gasteiger partial charge on any atom is -0.790 e. The van der Waals surface area contributed by atoms with Crippen molar-refractivity contribution in [2.45, 2.75) is 36.6 Å². The van der Waals surface area contributed by atoms with Gasteiger partial charge in [0.25, 0.3) is 0 Å². The molecule has 0 heterocycles. The first-order valence-electron chi connectivity index (χ1n) is 7.90. The molecule has 0 aromatic rings. The molecule has 0 aliphatic heterocycles. The van der Waals surface area contributed by atoms with Gasteiger partial charge in [0.2, 0.25) is 0 Å². The molecule has 2 unspecified atom stereocenters. The molecule has 0 bridgehead atoms. The van der Waals surface area contributed by atoms with Crippen LogP contribution in [0, 0.1) is 0 Å². The van der Waals surface area contributed by atoms with Crippen molar-refractivity contribution in [3.05, 3.63) is 0 Å². The summed E-state index contributed by atoms with van der Waals surface area (Å²) >= 11 is 0. The monoisotopic (exact) mass is 792 g/mol. The van der Waals surface area contributed by atoms with E-state index < -0.39 is 83.6 Å². The van der Waals surface area contributed by atoms with Crippen molar-refractivity contribution < 1.29 is 291 Å². The fourth-order valence-electron chi connectivity index (χ4n) is 2.76. The topological polar surface area (TPSA) is 418 Å². The molecule has 1 fully saturated rings. The molecule has 36 heteroatoms. The predicted octanol–water partition coefficient (Wildman–Crippen LogP) is -24.9. The molecule has 0 aromatic carbocycles. The average molecular weight is 792 g/mol. The smallest absolute Gasteiger partial charge is 0.790 e. The van der Waals surface area contributed by atoms with Crippen LogP contribution in [-0.2, 0) is 54.5 Å². The summed E-state index contributed by atoms with van der Waals surface area (Å²) in [6.45, 7) is 0. The van der Waals surface area contributed by atoms with Crippen LogP contribution in [0.5, 0.6) is 0 Å². The quantitative estimate of drug-likeness (QED) is 0.0789. The summed E-state index contributed by atoms with van der Waals surface area (Å²) in [4.78, 5) is 121. The SMILES string of the molecule is O=P([O-])([O-])OC1[C@@H](OP(=O)([O-])[O-])[C@H](OP(=O)(O)O)C(OP(=O)(O)O)[C@H](OP(=O)(O)O)[C@H]1OP(=O)([O-])[O-].[Na+].[Na+].[Na+].[Na+].[Na+].[Na+]. The van der Waals surface area contributed by atoms with Gasteiger partial charge in [-0.25, -0.2) is 13.7 Å². The number of hydrogen-bond donors (Lipinski definition) is 6. The Balaban J connectivity index is -0.000000540. The van der Waals surface area contributed by atoms with Crippen LogP contribution < -0.4 is 207 Å². The van der Waals surface area contributed by atoms with Gasteiger partial charge < -0.3 is 86.0 Å². The number of hydrogen-bond acceptors (Lipinski definition) is 18. The third-order valence-corrected chi connectivity index (χ3v) is 6.53. The van der Waals surface area contributed by atoms with Crippen LogP contribution in [0.4, 0.5) is 0 Å². The van der Waals surface area contributed by atoms with Crippen molar-refractivity contribution >= 4 is 46.9 Å². The average Bonchev–Trinajstić information content (AvgIpc) is 2.51. The summed E-state index contributed by atoms with van der Waals surface area (Å²) in [6, 6.07) is 0. The second-order valence-corrected chi connectivity index (χ2v) is 13.1. The molecule has 24 nitrogen and oxygen atoms in total. The minimum absolute atomic E-state index is 0. The van der Waals surface area contributed by atoms with E-state index in [0.29, 0.717) is 0 Å². The second-order valence-electron chi connectivity index (χ2n) is 6.23. The van der Waals surface area contributed by atoms with Crippen molar-refractivity contribution in [1.82, 2.24) is 0 Å². The fraction of sp³-hybridized carbons (Fsp3) is 1.00. The first kappa shape index (κ1) is 60.7. The molecule has 216 valence electrons. The number of phosphoric ester groups is 6. The summed E-state index contributed by atoms with van der Waals surface area (Å²) in [6.07, 6.45) is -20.2. The summed E-state index contributed by atoms with van der Waals surface area (Å²) in [5.74, 6) is 0. The van der Waals surface area contributed by atoms with Crippen molar-refractivity contribution in [3.63, 3.8) is 0 Å². The maximum Gasteiger partial charge on any atom is 1.00 e. The summed E-state index contributed by atoms with van der Waals surface area (Å²) in [5.41, 5.74) is 0. The molecule has 1 aliphatic rings. The van der Waals surface area contributed by atoms with Gasteiger partial charge in [-0.1, -0.05) is 0 Å². The Morgan fingerprint density at radius 1 is 0.333 bits per heavy atom. The van der Waals surface area contributed by atoms with E-state index in [9.17, 15) is 56.8 Å². The van der Waals surface area contributed by atoms with Crippen LogP contribution in [0.2, 0.25) is 0 Å². The van der Waals surface area contributed by atoms with E-state index in [1.54, 1.807) is 0 Å². The van der Waals surface area contributed by atoms with Gasteiger partial charge in [-0.2, -0.15) is 0 Å². The van der Waals surface area contributed by atoms with E-state index in [-0.39, 0.29) is 177 Å². The molecule has 6 N–H and O–H groups in total. The fourth-order valence-corrected chi connectivity index (χ4v) is 6.05. The zero-order valence-corrected chi connectivity index (χ0v) is 39.5. The van der Waals surface area contributed by atoms with Crippen LogP contribution in [-0.4, -0.2) is 66.0 Å². The molecule has 1 saturated carbocycles. The molecule has 42 heavy (non-hydrogen) atoms. The standard InChI is InChI=1S/C6H18O24P6.6Na/c7-31(8,9)25-1-2(26-32(10,11)12)4(28-34(16,17)18)6(30-36(22,23)24)5(29-35(19,20)21)3(1)27-33(13,14)15;;;;;;/h1-6H,(H2,7,8,9)(H2,10,11,12)(H2,13,14,15)(H2,16,17,18)(H2,19,20,21)(H2,22,23,24);;;;;;/q;6*+1/p-6/t1-,2-,3?,4?,5-,6-;;;;;;. The third kappa shape index (κ3) is 26.4. The molecule has 0 saturated heterocycles. The van der Waals surface area contributed by atoms with Crippen LogP contribution in [0.1, 0.15) is 0 Å². The summed E-state index contributed by atoms with van der Waals surface area (Å²) in [7, 11) is -38.1. The van der Waals surface area contributed by atoms with Gasteiger partial charge in [0.05, 0.1) is 23.5 Å². The molecular formula is C6H12Na6O24P6. The Hall–Kier alpha value is 6.66. The van der Waals surface area contributed by atoms with Crippen LogP contribution in [0.25, 0.3) is 0 Å². The number of phosphoric acid groups is 6. The normalized spacial score (nSPS) is 25.1. The van der Waals surface area contributed by atoms with Gasteiger partial charge in [-0.15, -0.1) is 0 Å². The maximum atomic E-state index is 11.4. The first-order valence-corrected chi connectivity index (χ1v) is 16.9. The van der Waals surface area contributed by atoms with Gasteiger partial charge in [0.15, 0.2) is 0 Å². The Kier molecular flexibility index (Phi) is 33.8. The molecular weight excluding hydrogens is 780 g/mol. The minimum atomic E-state index is -6.60. The molecule has 0 amide bonds. The van der Waals surface area contributed by atoms with Crippen molar-refractivity contribution in [2.75, 3.05) is 0 Å². The zero-order chi connectivity index (χ0) is 28.7. The Morgan fingerprint density at radius 3 is 0.548 bits per heavy atom. The Bertz CT molecular complexity index is 843. The molecule has 1 rings (SSSR count). The van der Waals surface area contributed by atoms with E-state index in [2.05, 4.69) is 27.1 Å². The van der Waals surface area contributed by atoms with Gasteiger partial charge in [0.1, 0.15) is 36.6 Å². The van der Waals surface area contributed by atoms with E-state index in [1.807, 2.05) is 0 Å². The first-order chi connectivity index (χ1) is 15.6. The summed E-state index contributed by atoms with van der Waals surface area (Å²) < 4.78 is 90.7. The molecule has 6 atom stereocenters. The van der Waals surface area contributed by atoms with Crippen molar-refractivity contribution in [2.24, 2.45) is 0 Å². The molecule has 0 spiro atoms. The van der Waals surface area contributed by atoms with Crippen LogP contribution in [0.3, 0.4) is 0 Å². The van der Waals surface area contributed by atoms with E-state index in [0.717, 1.165) is 0 Å². The second kappa shape index (κ2) is 23.4. The van der Waals surface area contributed by atoms with E-state index in [4.69, 9.17) is 29.4 Å². The van der Waals surface area contributed by atoms with Crippen LogP contribution in [0.15, 0.2) is 0 Å². The Morgan fingerprint density at radius 2 is 0.452 bits per heavy atom. The Labute approximate surface area is 368 Å². The van der Waals surface area contributed by atoms with Gasteiger partial charge in [-0.3, -0.25) is 13.6 Å². The van der Waals surface area contributed by atoms with Gasteiger partial charge in [-0.05, 0) is 0 Å². The predicted molar refractivity (Wildman–Crippen MR) is 88.2 cm³/mol. The third-order valence-electron chi connectivity index (χ3n) is 3.47. The zero-order valence-electron chi connectivity index (χ0n) is 22.2. The largest absolute Gasteiger partial charge is 1.00 e. The van der Waals surface area contributed by atoms with Gasteiger partial charge in [0, 0.05) is 0 Å². The van der Waals surface area contributed by atoms with Crippen molar-refractivity contribution in [3.8, 4) is 0 Å². The van der Waals surface area contributed by atoms with E-state index in [1.165, 1.54) is 0 Å².